The number of hydrogen-bond donors (Lipinski definition) is 1. The second-order valence-electron chi connectivity index (χ2n) is 6.76. The van der Waals surface area contributed by atoms with Crippen molar-refractivity contribution in [3.63, 3.8) is 0 Å². The molecule has 4 heteroatoms. The van der Waals surface area contributed by atoms with Crippen molar-refractivity contribution in [2.24, 2.45) is 0 Å². The van der Waals surface area contributed by atoms with Crippen molar-refractivity contribution in [3.8, 4) is 0 Å². The quantitative estimate of drug-likeness (QED) is 0.863. The maximum Gasteiger partial charge on any atom is 0.0701 e. The molecule has 2 heterocycles. The van der Waals surface area contributed by atoms with Gasteiger partial charge in [0.05, 0.1) is 3.79 Å². The lowest BCUT2D eigenvalue weighted by Gasteiger charge is -2.52. The molecule has 3 rings (SSSR count). The molecule has 1 unspecified atom stereocenters. The highest BCUT2D eigenvalue weighted by atomic mass is 79.9. The Morgan fingerprint density at radius 1 is 1.35 bits per heavy atom. The van der Waals surface area contributed by atoms with E-state index < -0.39 is 0 Å². The molecular weight excluding hydrogens is 332 g/mol. The van der Waals surface area contributed by atoms with Crippen LogP contribution >= 0.6 is 27.3 Å². The van der Waals surface area contributed by atoms with Gasteiger partial charge >= 0.3 is 0 Å². The van der Waals surface area contributed by atoms with Crippen LogP contribution < -0.4 is 5.32 Å². The third-order valence-electron chi connectivity index (χ3n) is 5.35. The van der Waals surface area contributed by atoms with Crippen LogP contribution in [0.1, 0.15) is 50.8 Å². The van der Waals surface area contributed by atoms with Crippen LogP contribution in [0.15, 0.2) is 15.9 Å². The zero-order valence-corrected chi connectivity index (χ0v) is 14.9. The summed E-state index contributed by atoms with van der Waals surface area (Å²) in [5.41, 5.74) is 0.702. The Kier molecular flexibility index (Phi) is 4.29. The number of hydrogen-bond acceptors (Lipinski definition) is 3. The summed E-state index contributed by atoms with van der Waals surface area (Å²) in [6.07, 6.45) is 6.73. The minimum Gasteiger partial charge on any atom is -0.308 e. The lowest BCUT2D eigenvalue weighted by Crippen LogP contribution is -2.67. The van der Waals surface area contributed by atoms with Crippen molar-refractivity contribution in [3.05, 3.63) is 20.8 Å². The molecule has 0 aromatic carbocycles. The fourth-order valence-corrected chi connectivity index (χ4v) is 5.24. The van der Waals surface area contributed by atoms with E-state index in [-0.39, 0.29) is 5.54 Å². The number of halogens is 1. The number of piperazine rings is 1. The molecule has 2 fully saturated rings. The highest BCUT2D eigenvalue weighted by Gasteiger charge is 2.46. The standard InChI is InChI=1S/C16H25BrN2S/c1-3-15(2)12-19(10-13-6-7-14(17)20-13)16(11-18-15)8-4-5-9-16/h6-7,18H,3-5,8-12H2,1-2H3. The lowest BCUT2D eigenvalue weighted by molar-refractivity contribution is 0.00606. The maximum absolute atomic E-state index is 3.85. The molecule has 1 saturated heterocycles. The van der Waals surface area contributed by atoms with Crippen LogP contribution in [0.2, 0.25) is 0 Å². The molecule has 1 N–H and O–H groups in total. The Labute approximate surface area is 135 Å². The van der Waals surface area contributed by atoms with E-state index in [1.54, 1.807) is 0 Å². The lowest BCUT2D eigenvalue weighted by atomic mass is 9.85. The van der Waals surface area contributed by atoms with E-state index in [1.807, 2.05) is 11.3 Å². The van der Waals surface area contributed by atoms with Crippen molar-refractivity contribution in [2.45, 2.75) is 63.6 Å². The summed E-state index contributed by atoms with van der Waals surface area (Å²) in [5.74, 6) is 0. The van der Waals surface area contributed by atoms with Gasteiger partial charge in [-0.3, -0.25) is 4.90 Å². The minimum atomic E-state index is 0.280. The summed E-state index contributed by atoms with van der Waals surface area (Å²) in [7, 11) is 0. The molecule has 0 amide bonds. The van der Waals surface area contributed by atoms with Gasteiger partial charge in [0, 0.05) is 35.6 Å². The van der Waals surface area contributed by atoms with Crippen LogP contribution in [0.3, 0.4) is 0 Å². The third kappa shape index (κ3) is 2.85. The first kappa shape index (κ1) is 15.0. The van der Waals surface area contributed by atoms with Crippen LogP contribution in [0.4, 0.5) is 0 Å². The molecule has 2 nitrogen and oxygen atoms in total. The Balaban J connectivity index is 1.81. The second-order valence-corrected chi connectivity index (χ2v) is 9.31. The van der Waals surface area contributed by atoms with Gasteiger partial charge in [0.25, 0.3) is 0 Å². The first-order chi connectivity index (χ1) is 9.55. The molecule has 1 aliphatic heterocycles. The number of thiophene rings is 1. The van der Waals surface area contributed by atoms with E-state index in [0.29, 0.717) is 5.54 Å². The average Bonchev–Trinajstić information content (AvgIpc) is 3.05. The molecule has 1 aromatic rings. The van der Waals surface area contributed by atoms with E-state index in [0.717, 1.165) is 6.54 Å². The minimum absolute atomic E-state index is 0.280. The first-order valence-corrected chi connectivity index (χ1v) is 9.41. The fraction of sp³-hybridized carbons (Fsp3) is 0.750. The molecule has 1 spiro atoms. The molecule has 20 heavy (non-hydrogen) atoms. The molecule has 1 saturated carbocycles. The summed E-state index contributed by atoms with van der Waals surface area (Å²) in [5, 5.41) is 3.85. The van der Waals surface area contributed by atoms with Gasteiger partial charge in [-0.15, -0.1) is 11.3 Å². The Morgan fingerprint density at radius 3 is 2.70 bits per heavy atom. The summed E-state index contributed by atoms with van der Waals surface area (Å²) >= 11 is 5.48. The maximum atomic E-state index is 3.85. The predicted octanol–water partition coefficient (Wildman–Crippen LogP) is 4.40. The molecule has 112 valence electrons. The zero-order chi connectivity index (χ0) is 14.2. The summed E-state index contributed by atoms with van der Waals surface area (Å²) < 4.78 is 1.25. The Bertz CT molecular complexity index is 467. The van der Waals surface area contributed by atoms with Gasteiger partial charge in [-0.2, -0.15) is 0 Å². The third-order valence-corrected chi connectivity index (χ3v) is 6.95. The van der Waals surface area contributed by atoms with E-state index >= 15 is 0 Å². The van der Waals surface area contributed by atoms with Crippen molar-refractivity contribution < 1.29 is 0 Å². The number of nitrogens with one attached hydrogen (secondary N) is 1. The van der Waals surface area contributed by atoms with E-state index in [4.69, 9.17) is 0 Å². The second kappa shape index (κ2) is 5.71. The fourth-order valence-electron chi connectivity index (χ4n) is 3.75. The monoisotopic (exact) mass is 356 g/mol. The molecule has 2 aliphatic rings. The highest BCUT2D eigenvalue weighted by Crippen LogP contribution is 2.40. The summed E-state index contributed by atoms with van der Waals surface area (Å²) in [4.78, 5) is 4.28. The Morgan fingerprint density at radius 2 is 2.10 bits per heavy atom. The van der Waals surface area contributed by atoms with Gasteiger partial charge in [0.15, 0.2) is 0 Å². The predicted molar refractivity (Wildman–Crippen MR) is 90.3 cm³/mol. The number of nitrogens with zero attached hydrogens (tertiary/aromatic N) is 1. The van der Waals surface area contributed by atoms with Crippen LogP contribution in [0.5, 0.6) is 0 Å². The van der Waals surface area contributed by atoms with Crippen LogP contribution in [0, 0.1) is 0 Å². The van der Waals surface area contributed by atoms with Gasteiger partial charge in [0.2, 0.25) is 0 Å². The van der Waals surface area contributed by atoms with Gasteiger partial charge < -0.3 is 5.32 Å². The Hall–Kier alpha value is 0.1000. The molecule has 1 atom stereocenters. The largest absolute Gasteiger partial charge is 0.308 e. The molecular formula is C16H25BrN2S. The topological polar surface area (TPSA) is 15.3 Å². The summed E-state index contributed by atoms with van der Waals surface area (Å²) in [6, 6.07) is 4.46. The summed E-state index contributed by atoms with van der Waals surface area (Å²) in [6.45, 7) is 8.15. The van der Waals surface area contributed by atoms with Crippen LogP contribution in [0.25, 0.3) is 0 Å². The van der Waals surface area contributed by atoms with E-state index in [9.17, 15) is 0 Å². The van der Waals surface area contributed by atoms with Crippen molar-refractivity contribution in [2.75, 3.05) is 13.1 Å². The van der Waals surface area contributed by atoms with Crippen molar-refractivity contribution in [1.29, 1.82) is 0 Å². The van der Waals surface area contributed by atoms with Gasteiger partial charge in [-0.25, -0.2) is 0 Å². The van der Waals surface area contributed by atoms with E-state index in [1.165, 1.54) is 53.9 Å². The highest BCUT2D eigenvalue weighted by molar-refractivity contribution is 9.11. The molecule has 1 aromatic heterocycles. The van der Waals surface area contributed by atoms with Crippen LogP contribution in [-0.2, 0) is 6.54 Å². The molecule has 1 aliphatic carbocycles. The van der Waals surface area contributed by atoms with Gasteiger partial charge in [-0.05, 0) is 54.2 Å². The SMILES string of the molecule is CCC1(C)CN(Cc2ccc(Br)s2)C2(CCCC2)CN1. The van der Waals surface area contributed by atoms with Gasteiger partial charge in [-0.1, -0.05) is 19.8 Å². The first-order valence-electron chi connectivity index (χ1n) is 7.80. The van der Waals surface area contributed by atoms with Gasteiger partial charge in [0.1, 0.15) is 0 Å². The zero-order valence-electron chi connectivity index (χ0n) is 12.5. The van der Waals surface area contributed by atoms with E-state index in [2.05, 4.69) is 52.1 Å². The smallest absolute Gasteiger partial charge is 0.0701 e. The number of rotatable bonds is 3. The van der Waals surface area contributed by atoms with Crippen LogP contribution in [-0.4, -0.2) is 29.1 Å². The van der Waals surface area contributed by atoms with Crippen molar-refractivity contribution in [1.82, 2.24) is 10.2 Å². The molecule has 0 bridgehead atoms. The van der Waals surface area contributed by atoms with Crippen molar-refractivity contribution >= 4 is 27.3 Å². The normalized spacial score (nSPS) is 30.1. The average molecular weight is 357 g/mol. The molecule has 0 radical (unpaired) electrons.